The van der Waals surface area contributed by atoms with Gasteiger partial charge >= 0.3 is 0 Å². The van der Waals surface area contributed by atoms with Gasteiger partial charge in [0.15, 0.2) is 0 Å². The zero-order valence-electron chi connectivity index (χ0n) is 13.6. The molecule has 0 aliphatic rings. The van der Waals surface area contributed by atoms with Crippen molar-refractivity contribution in [1.29, 1.82) is 0 Å². The van der Waals surface area contributed by atoms with Gasteiger partial charge in [0.1, 0.15) is 18.5 Å². The molecule has 0 aliphatic heterocycles. The summed E-state index contributed by atoms with van der Waals surface area (Å²) in [5.74, 6) is 0.830. The zero-order chi connectivity index (χ0) is 15.5. The van der Waals surface area contributed by atoms with Gasteiger partial charge in [-0.25, -0.2) is 0 Å². The van der Waals surface area contributed by atoms with Crippen LogP contribution in [0.1, 0.15) is 26.3 Å². The van der Waals surface area contributed by atoms with Crippen molar-refractivity contribution in [3.05, 3.63) is 29.8 Å². The number of aliphatic hydroxyl groups excluding tert-OH is 1. The molecule has 120 valence electrons. The summed E-state index contributed by atoms with van der Waals surface area (Å²) in [6, 6.07) is 8.03. The highest BCUT2D eigenvalue weighted by atomic mass is 16.5. The van der Waals surface area contributed by atoms with Gasteiger partial charge in [0.2, 0.25) is 0 Å². The number of hydrogen-bond acceptors (Lipinski definition) is 4. The van der Waals surface area contributed by atoms with E-state index in [1.807, 2.05) is 18.2 Å². The number of nitrogens with zero attached hydrogens (tertiary/aromatic N) is 1. The van der Waals surface area contributed by atoms with E-state index < -0.39 is 6.10 Å². The lowest BCUT2D eigenvalue weighted by molar-refractivity contribution is 0.105. The van der Waals surface area contributed by atoms with Gasteiger partial charge < -0.3 is 20.1 Å². The topological polar surface area (TPSA) is 44.7 Å². The Morgan fingerprint density at radius 3 is 2.67 bits per heavy atom. The van der Waals surface area contributed by atoms with Crippen LogP contribution in [-0.4, -0.2) is 55.4 Å². The minimum Gasteiger partial charge on any atom is -0.491 e. The Kier molecular flexibility index (Phi) is 9.06. The summed E-state index contributed by atoms with van der Waals surface area (Å²) in [6.45, 7) is 11.4. The molecule has 0 heterocycles. The third kappa shape index (κ3) is 7.46. The summed E-state index contributed by atoms with van der Waals surface area (Å²) in [5.41, 5.74) is 1.25. The quantitative estimate of drug-likeness (QED) is 0.612. The molecular weight excluding hydrogens is 264 g/mol. The molecule has 1 unspecified atom stereocenters. The van der Waals surface area contributed by atoms with Gasteiger partial charge in [-0.15, -0.1) is 0 Å². The maximum absolute atomic E-state index is 9.92. The van der Waals surface area contributed by atoms with Crippen LogP contribution >= 0.6 is 0 Å². The number of rotatable bonds is 11. The molecule has 21 heavy (non-hydrogen) atoms. The van der Waals surface area contributed by atoms with E-state index in [0.29, 0.717) is 13.2 Å². The molecule has 4 heteroatoms. The molecule has 1 aromatic rings. The molecule has 4 nitrogen and oxygen atoms in total. The van der Waals surface area contributed by atoms with Crippen LogP contribution in [0.2, 0.25) is 0 Å². The average molecular weight is 294 g/mol. The molecule has 1 aromatic carbocycles. The summed E-state index contributed by atoms with van der Waals surface area (Å²) in [4.78, 5) is 2.35. The molecule has 0 saturated heterocycles. The van der Waals surface area contributed by atoms with E-state index in [4.69, 9.17) is 4.74 Å². The molecule has 0 bridgehead atoms. The number of likely N-dealkylation sites (N-methyl/N-ethyl adjacent to an activating group) is 1. The third-order valence-electron chi connectivity index (χ3n) is 3.63. The average Bonchev–Trinajstić information content (AvgIpc) is 2.53. The Morgan fingerprint density at radius 1 is 1.24 bits per heavy atom. The minimum absolute atomic E-state index is 0.325. The fourth-order valence-electron chi connectivity index (χ4n) is 2.15. The Morgan fingerprint density at radius 2 is 2.00 bits per heavy atom. The van der Waals surface area contributed by atoms with Crippen LogP contribution < -0.4 is 10.1 Å². The van der Waals surface area contributed by atoms with Crippen LogP contribution in [0.4, 0.5) is 0 Å². The predicted octanol–water partition coefficient (Wildman–Crippen LogP) is 1.92. The molecule has 2 N–H and O–H groups in total. The zero-order valence-corrected chi connectivity index (χ0v) is 13.6. The Hall–Kier alpha value is -1.10. The number of hydrogen-bond donors (Lipinski definition) is 2. The molecule has 0 saturated carbocycles. The van der Waals surface area contributed by atoms with Gasteiger partial charge in [-0.2, -0.15) is 0 Å². The lowest BCUT2D eigenvalue weighted by Crippen LogP contribution is -2.37. The molecule has 1 rings (SSSR count). The molecule has 0 radical (unpaired) electrons. The molecular formula is C17H30N2O2. The summed E-state index contributed by atoms with van der Waals surface area (Å²) < 4.78 is 5.63. The number of nitrogens with one attached hydrogen (secondary N) is 1. The van der Waals surface area contributed by atoms with Crippen molar-refractivity contribution in [3.63, 3.8) is 0 Å². The maximum Gasteiger partial charge on any atom is 0.119 e. The van der Waals surface area contributed by atoms with Gasteiger partial charge in [-0.1, -0.05) is 32.9 Å². The maximum atomic E-state index is 9.92. The summed E-state index contributed by atoms with van der Waals surface area (Å²) in [5, 5.41) is 13.2. The first-order chi connectivity index (χ1) is 10.2. The molecule has 0 aromatic heterocycles. The largest absolute Gasteiger partial charge is 0.491 e. The van der Waals surface area contributed by atoms with Crippen LogP contribution in [0, 0.1) is 0 Å². The summed E-state index contributed by atoms with van der Waals surface area (Å²) >= 11 is 0. The van der Waals surface area contributed by atoms with E-state index in [9.17, 15) is 5.11 Å². The van der Waals surface area contributed by atoms with Crippen molar-refractivity contribution in [2.45, 2.75) is 33.3 Å². The fourth-order valence-corrected chi connectivity index (χ4v) is 2.15. The van der Waals surface area contributed by atoms with Crippen molar-refractivity contribution in [3.8, 4) is 5.75 Å². The second kappa shape index (κ2) is 10.6. The summed E-state index contributed by atoms with van der Waals surface area (Å²) in [7, 11) is 0. The summed E-state index contributed by atoms with van der Waals surface area (Å²) in [6.07, 6.45) is 0.513. The highest BCUT2D eigenvalue weighted by Gasteiger charge is 2.06. The van der Waals surface area contributed by atoms with Crippen LogP contribution in [0.15, 0.2) is 24.3 Å². The molecule has 0 spiro atoms. The molecule has 0 fully saturated rings. The second-order valence-corrected chi connectivity index (χ2v) is 5.20. The first-order valence-corrected chi connectivity index (χ1v) is 8.02. The minimum atomic E-state index is -0.480. The lowest BCUT2D eigenvalue weighted by atomic mass is 10.2. The fraction of sp³-hybridized carbons (Fsp3) is 0.647. The van der Waals surface area contributed by atoms with Crippen molar-refractivity contribution in [2.75, 3.05) is 39.3 Å². The monoisotopic (exact) mass is 294 g/mol. The Bertz CT molecular complexity index is 381. The van der Waals surface area contributed by atoms with Crippen molar-refractivity contribution in [1.82, 2.24) is 10.2 Å². The van der Waals surface area contributed by atoms with Crippen LogP contribution in [0.3, 0.4) is 0 Å². The van der Waals surface area contributed by atoms with Crippen LogP contribution in [0.25, 0.3) is 0 Å². The predicted molar refractivity (Wildman–Crippen MR) is 88.0 cm³/mol. The van der Waals surface area contributed by atoms with Gasteiger partial charge in [-0.3, -0.25) is 0 Å². The van der Waals surface area contributed by atoms with E-state index in [1.54, 1.807) is 0 Å². The van der Waals surface area contributed by atoms with Gasteiger partial charge in [0, 0.05) is 19.6 Å². The third-order valence-corrected chi connectivity index (χ3v) is 3.63. The first-order valence-electron chi connectivity index (χ1n) is 8.02. The first kappa shape index (κ1) is 18.0. The van der Waals surface area contributed by atoms with Crippen LogP contribution in [-0.2, 0) is 6.42 Å². The van der Waals surface area contributed by atoms with E-state index in [-0.39, 0.29) is 0 Å². The van der Waals surface area contributed by atoms with Crippen molar-refractivity contribution < 1.29 is 9.84 Å². The SMILES string of the molecule is CCc1cccc(OCC(O)CNCCN(CC)CC)c1. The van der Waals surface area contributed by atoms with Crippen molar-refractivity contribution in [2.24, 2.45) is 0 Å². The number of aryl methyl sites for hydroxylation is 1. The van der Waals surface area contributed by atoms with Crippen molar-refractivity contribution >= 4 is 0 Å². The van der Waals surface area contributed by atoms with E-state index in [2.05, 4.69) is 37.1 Å². The van der Waals surface area contributed by atoms with Crippen LogP contribution in [0.5, 0.6) is 5.75 Å². The van der Waals surface area contributed by atoms with E-state index in [1.165, 1.54) is 5.56 Å². The van der Waals surface area contributed by atoms with E-state index in [0.717, 1.165) is 38.3 Å². The number of benzene rings is 1. The van der Waals surface area contributed by atoms with E-state index >= 15 is 0 Å². The highest BCUT2D eigenvalue weighted by Crippen LogP contribution is 2.13. The van der Waals surface area contributed by atoms with Gasteiger partial charge in [0.05, 0.1) is 0 Å². The Balaban J connectivity index is 2.17. The molecule has 0 aliphatic carbocycles. The highest BCUT2D eigenvalue weighted by molar-refractivity contribution is 5.28. The number of aliphatic hydroxyl groups is 1. The van der Waals surface area contributed by atoms with Gasteiger partial charge in [-0.05, 0) is 37.2 Å². The lowest BCUT2D eigenvalue weighted by Gasteiger charge is -2.19. The number of ether oxygens (including phenoxy) is 1. The van der Waals surface area contributed by atoms with Gasteiger partial charge in [0.25, 0.3) is 0 Å². The molecule has 0 amide bonds. The standard InChI is InChI=1S/C17H30N2O2/c1-4-15-8-7-9-17(12-15)21-14-16(20)13-18-10-11-19(5-2)6-3/h7-9,12,16,18,20H,4-6,10-11,13-14H2,1-3H3. The second-order valence-electron chi connectivity index (χ2n) is 5.20. The molecule has 1 atom stereocenters. The normalized spacial score (nSPS) is 12.6. The Labute approximate surface area is 129 Å². The smallest absolute Gasteiger partial charge is 0.119 e.